The van der Waals surface area contributed by atoms with E-state index in [0.29, 0.717) is 0 Å². The van der Waals surface area contributed by atoms with Crippen molar-refractivity contribution < 1.29 is 28.7 Å². The van der Waals surface area contributed by atoms with Crippen molar-refractivity contribution in [1.82, 2.24) is 0 Å². The summed E-state index contributed by atoms with van der Waals surface area (Å²) in [5, 5.41) is 0. The maximum atomic E-state index is 9.94. The third-order valence-electron chi connectivity index (χ3n) is 0.659. The van der Waals surface area contributed by atoms with Crippen LogP contribution in [0.25, 0.3) is 0 Å². The van der Waals surface area contributed by atoms with Gasteiger partial charge in [-0.15, -0.1) is 0 Å². The molecule has 0 aromatic carbocycles. The van der Waals surface area contributed by atoms with Gasteiger partial charge in [0.2, 0.25) is 0 Å². The van der Waals surface area contributed by atoms with E-state index >= 15 is 0 Å². The van der Waals surface area contributed by atoms with E-state index in [9.17, 15) is 28.7 Å². The van der Waals surface area contributed by atoms with Crippen LogP contribution < -0.4 is 19.6 Å². The zero-order valence-electron chi connectivity index (χ0n) is 6.01. The second-order valence-corrected chi connectivity index (χ2v) is 7.57. The molecule has 0 aliphatic rings. The Labute approximate surface area is 158 Å². The fourth-order valence-corrected chi connectivity index (χ4v) is 1.35. The van der Waals surface area contributed by atoms with Gasteiger partial charge in [-0.2, -0.15) is 0 Å². The molecule has 0 aliphatic carbocycles. The van der Waals surface area contributed by atoms with Crippen LogP contribution in [0.2, 0.25) is 0 Å². The molecule has 0 saturated carbocycles. The number of rotatable bonds is 2. The van der Waals surface area contributed by atoms with Gasteiger partial charge in [0.05, 0.1) is 0 Å². The Morgan fingerprint density at radius 1 is 0.846 bits per heavy atom. The molecular formula is CCl2O6P2Sr2. The van der Waals surface area contributed by atoms with Crippen molar-refractivity contribution in [3.63, 3.8) is 0 Å². The predicted molar refractivity (Wildman–Crippen MR) is 41.2 cm³/mol. The number of hydrogen-bond donors (Lipinski definition) is 0. The minimum absolute atomic E-state index is 0. The van der Waals surface area contributed by atoms with Crippen LogP contribution in [0.15, 0.2) is 0 Å². The van der Waals surface area contributed by atoms with Crippen LogP contribution in [0.5, 0.6) is 0 Å². The van der Waals surface area contributed by atoms with Gasteiger partial charge in [-0.3, -0.25) is 0 Å². The molecule has 0 atom stereocenters. The van der Waals surface area contributed by atoms with E-state index in [1.807, 2.05) is 0 Å². The molecule has 0 aliphatic heterocycles. The standard InChI is InChI=1S/CH4Cl2O6P2.2Sr/c2-1(3,10(4,5)6)11(7,8)9;;/h(H2,4,5,6)(H2,7,8,9);;/q;2*+2/p-4. The van der Waals surface area contributed by atoms with Crippen LogP contribution in [0.1, 0.15) is 0 Å². The summed E-state index contributed by atoms with van der Waals surface area (Å²) in [4.78, 5) is 39.7. The molecule has 0 aromatic rings. The number of halogens is 2. The first-order valence-electron chi connectivity index (χ1n) is 1.92. The van der Waals surface area contributed by atoms with Crippen molar-refractivity contribution in [3.8, 4) is 0 Å². The minimum Gasteiger partial charge on any atom is -0.808 e. The van der Waals surface area contributed by atoms with Crippen molar-refractivity contribution in [2.75, 3.05) is 0 Å². The van der Waals surface area contributed by atoms with E-state index in [2.05, 4.69) is 23.2 Å². The van der Waals surface area contributed by atoms with Gasteiger partial charge in [0.25, 0.3) is 0 Å². The van der Waals surface area contributed by atoms with Gasteiger partial charge in [-0.05, 0) is 15.2 Å². The SMILES string of the molecule is O=P([O-])([O-])C(Cl)(Cl)P(=O)([O-])[O-].[Sr+2].[Sr+2]. The summed E-state index contributed by atoms with van der Waals surface area (Å²) in [7, 11) is -11.7. The summed E-state index contributed by atoms with van der Waals surface area (Å²) in [5.74, 6) is 0. The normalized spacial score (nSPS) is 12.8. The van der Waals surface area contributed by atoms with Gasteiger partial charge in [0, 0.05) is 0 Å². The first kappa shape index (κ1) is 22.1. The largest absolute Gasteiger partial charge is 2.00 e. The second kappa shape index (κ2) is 7.31. The molecule has 0 rings (SSSR count). The van der Waals surface area contributed by atoms with Crippen LogP contribution >= 0.6 is 38.4 Å². The molecule has 13 heavy (non-hydrogen) atoms. The summed E-state index contributed by atoms with van der Waals surface area (Å²) >= 11 is 8.96. The third kappa shape index (κ3) is 6.36. The average Bonchev–Trinajstić information content (AvgIpc) is 1.58. The van der Waals surface area contributed by atoms with Gasteiger partial charge in [0.1, 0.15) is 0 Å². The Kier molecular flexibility index (Phi) is 12.4. The maximum absolute atomic E-state index is 9.94. The second-order valence-electron chi connectivity index (χ2n) is 1.50. The van der Waals surface area contributed by atoms with Crippen LogP contribution in [0.4, 0.5) is 0 Å². The van der Waals surface area contributed by atoms with Gasteiger partial charge < -0.3 is 28.7 Å². The van der Waals surface area contributed by atoms with Crippen molar-refractivity contribution >= 4 is 129 Å². The Balaban J connectivity index is -0.000000500. The minimum atomic E-state index is -5.85. The summed E-state index contributed by atoms with van der Waals surface area (Å²) in [5.41, 5.74) is 0. The average molecular weight is 416 g/mol. The van der Waals surface area contributed by atoms with E-state index in [4.69, 9.17) is 0 Å². The van der Waals surface area contributed by atoms with Crippen LogP contribution in [0.3, 0.4) is 0 Å². The van der Waals surface area contributed by atoms with Crippen molar-refractivity contribution in [3.05, 3.63) is 0 Å². The Hall–Kier alpha value is 3.84. The molecule has 0 bridgehead atoms. The molecule has 12 heteroatoms. The van der Waals surface area contributed by atoms with E-state index < -0.39 is 19.0 Å². The quantitative estimate of drug-likeness (QED) is 0.271. The zero-order chi connectivity index (χ0) is 9.50. The first-order chi connectivity index (χ1) is 4.50. The third-order valence-corrected chi connectivity index (χ3v) is 5.93. The van der Waals surface area contributed by atoms with E-state index in [-0.39, 0.29) is 91.0 Å². The van der Waals surface area contributed by atoms with Gasteiger partial charge in [-0.25, -0.2) is 0 Å². The summed E-state index contributed by atoms with van der Waals surface area (Å²) in [6, 6.07) is 0. The van der Waals surface area contributed by atoms with Crippen LogP contribution in [-0.4, -0.2) is 94.8 Å². The maximum Gasteiger partial charge on any atom is 2.00 e. The Morgan fingerprint density at radius 3 is 1.00 bits per heavy atom. The molecule has 0 fully saturated rings. The van der Waals surface area contributed by atoms with E-state index in [0.717, 1.165) is 0 Å². The molecule has 0 heterocycles. The smallest absolute Gasteiger partial charge is 0.808 e. The topological polar surface area (TPSA) is 126 Å². The van der Waals surface area contributed by atoms with Crippen molar-refractivity contribution in [1.29, 1.82) is 0 Å². The molecule has 0 radical (unpaired) electrons. The van der Waals surface area contributed by atoms with Crippen molar-refractivity contribution in [2.24, 2.45) is 0 Å². The summed E-state index contributed by atoms with van der Waals surface area (Å²) in [6.07, 6.45) is 0. The van der Waals surface area contributed by atoms with Gasteiger partial charge in [-0.1, -0.05) is 23.2 Å². The fourth-order valence-electron chi connectivity index (χ4n) is 0.150. The molecular weight excluding hydrogens is 416 g/mol. The molecule has 0 unspecified atom stereocenters. The molecule has 0 amide bonds. The number of alkyl halides is 2. The summed E-state index contributed by atoms with van der Waals surface area (Å²) < 4.78 is 16.1. The fraction of sp³-hybridized carbons (Fsp3) is 1.00. The van der Waals surface area contributed by atoms with Crippen LogP contribution in [0, 0.1) is 0 Å². The number of hydrogen-bond acceptors (Lipinski definition) is 6. The Morgan fingerprint density at radius 2 is 1.00 bits per heavy atom. The molecule has 0 N–H and O–H groups in total. The van der Waals surface area contributed by atoms with Crippen molar-refractivity contribution in [2.45, 2.75) is 3.82 Å². The van der Waals surface area contributed by atoms with E-state index in [1.54, 1.807) is 0 Å². The van der Waals surface area contributed by atoms with Gasteiger partial charge >= 0.3 is 91.0 Å². The monoisotopic (exact) mass is 416 g/mol. The Bertz CT molecular complexity index is 219. The molecule has 0 saturated heterocycles. The predicted octanol–water partition coefficient (Wildman–Crippen LogP) is -2.86. The zero-order valence-corrected chi connectivity index (χ0v) is 16.3. The van der Waals surface area contributed by atoms with E-state index in [1.165, 1.54) is 0 Å². The first-order valence-corrected chi connectivity index (χ1v) is 5.76. The molecule has 0 spiro atoms. The molecule has 0 aromatic heterocycles. The molecule has 68 valence electrons. The molecule has 6 nitrogen and oxygen atoms in total. The van der Waals surface area contributed by atoms with Crippen LogP contribution in [-0.2, 0) is 9.13 Å². The summed E-state index contributed by atoms with van der Waals surface area (Å²) in [6.45, 7) is 0. The van der Waals surface area contributed by atoms with Gasteiger partial charge in [0.15, 0.2) is 3.82 Å².